The lowest BCUT2D eigenvalue weighted by Crippen LogP contribution is -2.10. The van der Waals surface area contributed by atoms with Crippen molar-refractivity contribution in [2.75, 3.05) is 13.7 Å². The fourth-order valence-electron chi connectivity index (χ4n) is 3.60. The van der Waals surface area contributed by atoms with Gasteiger partial charge in [0.1, 0.15) is 18.2 Å². The van der Waals surface area contributed by atoms with Crippen LogP contribution >= 0.6 is 0 Å². The molecular formula is C26H28N2O3. The lowest BCUT2D eigenvalue weighted by Gasteiger charge is -2.13. The minimum absolute atomic E-state index is 0.369. The summed E-state index contributed by atoms with van der Waals surface area (Å²) in [5, 5.41) is 0. The highest BCUT2D eigenvalue weighted by molar-refractivity contribution is 5.75. The molecule has 0 saturated carbocycles. The van der Waals surface area contributed by atoms with E-state index in [0.717, 1.165) is 42.0 Å². The van der Waals surface area contributed by atoms with Gasteiger partial charge in [0, 0.05) is 6.54 Å². The van der Waals surface area contributed by atoms with Gasteiger partial charge in [0.25, 0.3) is 0 Å². The average molecular weight is 417 g/mol. The summed E-state index contributed by atoms with van der Waals surface area (Å²) >= 11 is 0. The maximum atomic E-state index is 6.04. The number of benzene rings is 3. The molecule has 0 aliphatic heterocycles. The molecule has 0 N–H and O–H groups in total. The van der Waals surface area contributed by atoms with E-state index in [-0.39, 0.29) is 0 Å². The summed E-state index contributed by atoms with van der Waals surface area (Å²) in [5.41, 5.74) is 3.39. The Balaban J connectivity index is 1.43. The second-order valence-electron chi connectivity index (χ2n) is 7.31. The number of ether oxygens (including phenoxy) is 3. The standard InChI is InChI=1S/C26H28N2O3/c1-3-20-13-15-21(16-14-20)30-18-8-17-28-23-10-5-4-9-22(23)27-26(28)19-31-25-12-7-6-11-24(25)29-2/h4-7,9-16H,3,8,17-19H2,1-2H3. The number of rotatable bonds is 10. The number of fused-ring (bicyclic) bond motifs is 1. The Hall–Kier alpha value is -3.47. The van der Waals surface area contributed by atoms with E-state index in [4.69, 9.17) is 19.2 Å². The largest absolute Gasteiger partial charge is 0.494 e. The zero-order valence-electron chi connectivity index (χ0n) is 18.1. The normalized spacial score (nSPS) is 10.9. The fourth-order valence-corrected chi connectivity index (χ4v) is 3.60. The van der Waals surface area contributed by atoms with E-state index in [2.05, 4.69) is 29.7 Å². The molecule has 160 valence electrons. The highest BCUT2D eigenvalue weighted by Crippen LogP contribution is 2.27. The number of aromatic nitrogens is 2. The highest BCUT2D eigenvalue weighted by atomic mass is 16.5. The van der Waals surface area contributed by atoms with Crippen LogP contribution < -0.4 is 14.2 Å². The van der Waals surface area contributed by atoms with Gasteiger partial charge in [-0.05, 0) is 54.8 Å². The van der Waals surface area contributed by atoms with Gasteiger partial charge in [-0.2, -0.15) is 0 Å². The van der Waals surface area contributed by atoms with Crippen molar-refractivity contribution < 1.29 is 14.2 Å². The number of para-hydroxylation sites is 4. The zero-order valence-corrected chi connectivity index (χ0v) is 18.1. The Kier molecular flexibility index (Phi) is 6.72. The van der Waals surface area contributed by atoms with Crippen LogP contribution in [0, 0.1) is 0 Å². The third kappa shape index (κ3) is 5.00. The Labute approximate surface area is 183 Å². The quantitative estimate of drug-likeness (QED) is 0.313. The molecule has 4 rings (SSSR count). The second kappa shape index (κ2) is 10.0. The molecule has 3 aromatic carbocycles. The Morgan fingerprint density at radius 2 is 1.58 bits per heavy atom. The summed E-state index contributed by atoms with van der Waals surface area (Å²) in [6.07, 6.45) is 1.91. The summed E-state index contributed by atoms with van der Waals surface area (Å²) in [4.78, 5) is 4.80. The molecule has 4 aromatic rings. The SMILES string of the molecule is CCc1ccc(OCCCn2c(COc3ccccc3OC)nc3ccccc32)cc1. The first-order valence-corrected chi connectivity index (χ1v) is 10.7. The molecule has 0 spiro atoms. The molecule has 0 bridgehead atoms. The molecule has 0 amide bonds. The van der Waals surface area contributed by atoms with Gasteiger partial charge in [-0.3, -0.25) is 0 Å². The molecule has 5 heteroatoms. The smallest absolute Gasteiger partial charge is 0.161 e. The number of imidazole rings is 1. The molecule has 0 aliphatic rings. The van der Waals surface area contributed by atoms with Crippen LogP contribution in [0.15, 0.2) is 72.8 Å². The molecular weight excluding hydrogens is 388 g/mol. The first kappa shape index (κ1) is 20.8. The van der Waals surface area contributed by atoms with Crippen LogP contribution in [0.5, 0.6) is 17.2 Å². The second-order valence-corrected chi connectivity index (χ2v) is 7.31. The summed E-state index contributed by atoms with van der Waals surface area (Å²) in [7, 11) is 1.65. The van der Waals surface area contributed by atoms with Crippen LogP contribution in [0.2, 0.25) is 0 Å². The molecule has 0 radical (unpaired) electrons. The molecule has 0 unspecified atom stereocenters. The first-order chi connectivity index (χ1) is 15.3. The third-order valence-electron chi connectivity index (χ3n) is 5.29. The van der Waals surface area contributed by atoms with Gasteiger partial charge in [0.05, 0.1) is 24.8 Å². The topological polar surface area (TPSA) is 45.5 Å². The lowest BCUT2D eigenvalue weighted by atomic mass is 10.2. The van der Waals surface area contributed by atoms with E-state index in [9.17, 15) is 0 Å². The number of aryl methyl sites for hydroxylation is 2. The predicted molar refractivity (Wildman–Crippen MR) is 123 cm³/mol. The van der Waals surface area contributed by atoms with Gasteiger partial charge in [-0.25, -0.2) is 4.98 Å². The van der Waals surface area contributed by atoms with Gasteiger partial charge in [0.15, 0.2) is 11.5 Å². The molecule has 31 heavy (non-hydrogen) atoms. The molecule has 0 saturated heterocycles. The predicted octanol–water partition coefficient (Wildman–Crippen LogP) is 5.66. The molecule has 1 heterocycles. The minimum atomic E-state index is 0.369. The van der Waals surface area contributed by atoms with Crippen molar-refractivity contribution >= 4 is 11.0 Å². The highest BCUT2D eigenvalue weighted by Gasteiger charge is 2.12. The van der Waals surface area contributed by atoms with Gasteiger partial charge in [-0.1, -0.05) is 43.3 Å². The van der Waals surface area contributed by atoms with E-state index in [0.29, 0.717) is 24.7 Å². The van der Waals surface area contributed by atoms with E-state index in [1.165, 1.54) is 5.56 Å². The van der Waals surface area contributed by atoms with Crippen molar-refractivity contribution in [3.05, 3.63) is 84.2 Å². The summed E-state index contributed by atoms with van der Waals surface area (Å²) in [6, 6.07) is 24.1. The average Bonchev–Trinajstić information content (AvgIpc) is 3.18. The summed E-state index contributed by atoms with van der Waals surface area (Å²) in [5.74, 6) is 3.22. The van der Waals surface area contributed by atoms with Crippen molar-refractivity contribution in [2.24, 2.45) is 0 Å². The van der Waals surface area contributed by atoms with Crippen molar-refractivity contribution in [3.63, 3.8) is 0 Å². The lowest BCUT2D eigenvalue weighted by molar-refractivity contribution is 0.267. The third-order valence-corrected chi connectivity index (χ3v) is 5.29. The molecule has 0 aliphatic carbocycles. The van der Waals surface area contributed by atoms with Crippen molar-refractivity contribution in [3.8, 4) is 17.2 Å². The number of hydrogen-bond acceptors (Lipinski definition) is 4. The van der Waals surface area contributed by atoms with Crippen LogP contribution in [0.3, 0.4) is 0 Å². The van der Waals surface area contributed by atoms with E-state index in [1.807, 2.05) is 54.6 Å². The van der Waals surface area contributed by atoms with Crippen LogP contribution in [-0.4, -0.2) is 23.3 Å². The molecule has 1 aromatic heterocycles. The summed E-state index contributed by atoms with van der Waals surface area (Å²) in [6.45, 7) is 3.97. The number of nitrogens with zero attached hydrogens (tertiary/aromatic N) is 2. The monoisotopic (exact) mass is 416 g/mol. The Morgan fingerprint density at radius 3 is 2.35 bits per heavy atom. The Morgan fingerprint density at radius 1 is 0.839 bits per heavy atom. The number of hydrogen-bond donors (Lipinski definition) is 0. The molecule has 0 atom stereocenters. The van der Waals surface area contributed by atoms with Gasteiger partial charge in [-0.15, -0.1) is 0 Å². The van der Waals surface area contributed by atoms with Crippen LogP contribution in [-0.2, 0) is 19.6 Å². The van der Waals surface area contributed by atoms with Crippen molar-refractivity contribution in [2.45, 2.75) is 32.9 Å². The molecule has 5 nitrogen and oxygen atoms in total. The Bertz CT molecular complexity index is 1120. The zero-order chi connectivity index (χ0) is 21.5. The van der Waals surface area contributed by atoms with Crippen LogP contribution in [0.4, 0.5) is 0 Å². The van der Waals surface area contributed by atoms with Gasteiger partial charge >= 0.3 is 0 Å². The summed E-state index contributed by atoms with van der Waals surface area (Å²) < 4.78 is 19.6. The number of methoxy groups -OCH3 is 1. The van der Waals surface area contributed by atoms with E-state index in [1.54, 1.807) is 7.11 Å². The van der Waals surface area contributed by atoms with Gasteiger partial charge < -0.3 is 18.8 Å². The maximum absolute atomic E-state index is 6.04. The van der Waals surface area contributed by atoms with Gasteiger partial charge in [0.2, 0.25) is 0 Å². The fraction of sp³-hybridized carbons (Fsp3) is 0.269. The van der Waals surface area contributed by atoms with Crippen LogP contribution in [0.25, 0.3) is 11.0 Å². The maximum Gasteiger partial charge on any atom is 0.161 e. The van der Waals surface area contributed by atoms with Crippen molar-refractivity contribution in [1.29, 1.82) is 0 Å². The first-order valence-electron chi connectivity index (χ1n) is 10.7. The van der Waals surface area contributed by atoms with Crippen molar-refractivity contribution in [1.82, 2.24) is 9.55 Å². The minimum Gasteiger partial charge on any atom is -0.494 e. The van der Waals surface area contributed by atoms with Crippen LogP contribution in [0.1, 0.15) is 24.7 Å². The van der Waals surface area contributed by atoms with E-state index >= 15 is 0 Å². The molecule has 0 fully saturated rings. The van der Waals surface area contributed by atoms with E-state index < -0.39 is 0 Å².